The molecule has 1 N–H and O–H groups in total. The molecular formula is C56H50N4O. The van der Waals surface area contributed by atoms with Crippen molar-refractivity contribution < 1.29 is 5.11 Å². The number of pyridine rings is 1. The van der Waals surface area contributed by atoms with Crippen LogP contribution in [0.3, 0.4) is 0 Å². The van der Waals surface area contributed by atoms with E-state index < -0.39 is 0 Å². The largest absolute Gasteiger partial charge is 0.507 e. The Bertz CT molecular complexity index is 2990. The number of rotatable bonds is 8. The van der Waals surface area contributed by atoms with Gasteiger partial charge in [-0.2, -0.15) is 0 Å². The van der Waals surface area contributed by atoms with Crippen LogP contribution in [0.5, 0.6) is 5.75 Å². The fraction of sp³-hybridized carbons (Fsp3) is 0.143. The summed E-state index contributed by atoms with van der Waals surface area (Å²) in [6.07, 6.45) is 1.84. The second kappa shape index (κ2) is 15.7. The molecule has 300 valence electrons. The molecule has 0 bridgehead atoms. The number of imidazole rings is 1. The monoisotopic (exact) mass is 794 g/mol. The van der Waals surface area contributed by atoms with Crippen LogP contribution in [0, 0.1) is 0 Å². The van der Waals surface area contributed by atoms with Crippen molar-refractivity contribution >= 4 is 28.0 Å². The van der Waals surface area contributed by atoms with Crippen molar-refractivity contribution in [2.24, 2.45) is 0 Å². The highest BCUT2D eigenvalue weighted by molar-refractivity contribution is 5.99. The summed E-state index contributed by atoms with van der Waals surface area (Å²) >= 11 is 0. The van der Waals surface area contributed by atoms with Crippen LogP contribution >= 0.6 is 0 Å². The van der Waals surface area contributed by atoms with Gasteiger partial charge in [0.1, 0.15) is 17.4 Å². The lowest BCUT2D eigenvalue weighted by atomic mass is 9.79. The Kier molecular flexibility index (Phi) is 10.1. The summed E-state index contributed by atoms with van der Waals surface area (Å²) < 4.78 is 2.27. The van der Waals surface area contributed by atoms with E-state index in [9.17, 15) is 5.11 Å². The molecule has 2 heterocycles. The van der Waals surface area contributed by atoms with E-state index in [1.807, 2.05) is 30.5 Å². The van der Waals surface area contributed by atoms with Gasteiger partial charge >= 0.3 is 0 Å². The van der Waals surface area contributed by atoms with Crippen LogP contribution in [0.2, 0.25) is 0 Å². The molecule has 0 aliphatic rings. The highest BCUT2D eigenvalue weighted by atomic mass is 16.3. The van der Waals surface area contributed by atoms with Gasteiger partial charge < -0.3 is 5.11 Å². The maximum absolute atomic E-state index is 12.6. The molecule has 5 nitrogen and oxygen atoms in total. The van der Waals surface area contributed by atoms with Gasteiger partial charge in [-0.15, -0.1) is 0 Å². The standard InChI is InChI=1S/C56H50N4O/c1-55(2,3)42-36-46(53(61)47(37-42)56(4,5)6)54-58-51(52(40-24-11-8-12-25-40)60(54)49-31-16-15-30-45(49)38-21-9-7-10-22-38)41-27-19-28-43(35-41)59(50-33-17-18-34-57-50)48-32-20-26-39-23-13-14-29-44(39)48/h7-37,61H,1-6H3. The van der Waals surface area contributed by atoms with Crippen LogP contribution < -0.4 is 4.90 Å². The smallest absolute Gasteiger partial charge is 0.149 e. The van der Waals surface area contributed by atoms with Crippen LogP contribution in [0.25, 0.3) is 61.5 Å². The van der Waals surface area contributed by atoms with E-state index in [1.165, 1.54) is 0 Å². The molecule has 9 aromatic rings. The van der Waals surface area contributed by atoms with Gasteiger partial charge in [-0.3, -0.25) is 9.47 Å². The van der Waals surface area contributed by atoms with Gasteiger partial charge in [0.25, 0.3) is 0 Å². The lowest BCUT2D eigenvalue weighted by molar-refractivity contribution is 0.446. The van der Waals surface area contributed by atoms with E-state index in [0.29, 0.717) is 11.4 Å². The number of phenols is 1. The second-order valence-corrected chi connectivity index (χ2v) is 17.7. The first-order valence-corrected chi connectivity index (χ1v) is 21.0. The number of hydrogen-bond acceptors (Lipinski definition) is 4. The molecular weight excluding hydrogens is 745 g/mol. The van der Waals surface area contributed by atoms with Gasteiger partial charge in [-0.05, 0) is 69.8 Å². The summed E-state index contributed by atoms with van der Waals surface area (Å²) in [4.78, 5) is 12.8. The SMILES string of the molecule is CC(C)(C)c1cc(-c2nc(-c3cccc(N(c4ccccn4)c4cccc5ccccc45)c3)c(-c3ccccc3)n2-c2ccccc2-c2ccccc2)c(O)c(C(C)(C)C)c1. The third kappa shape index (κ3) is 7.49. The van der Waals surface area contributed by atoms with Crippen molar-refractivity contribution in [1.29, 1.82) is 0 Å². The maximum Gasteiger partial charge on any atom is 0.149 e. The van der Waals surface area contributed by atoms with Crippen molar-refractivity contribution in [2.75, 3.05) is 4.90 Å². The highest BCUT2D eigenvalue weighted by Crippen LogP contribution is 2.48. The van der Waals surface area contributed by atoms with Crippen LogP contribution in [-0.4, -0.2) is 19.6 Å². The number of phenolic OH excluding ortho intramolecular Hbond substituents is 1. The topological polar surface area (TPSA) is 54.2 Å². The van der Waals surface area contributed by atoms with Crippen LogP contribution in [-0.2, 0) is 10.8 Å². The number of para-hydroxylation sites is 1. The van der Waals surface area contributed by atoms with Crippen LogP contribution in [0.15, 0.2) is 188 Å². The first-order valence-electron chi connectivity index (χ1n) is 21.0. The summed E-state index contributed by atoms with van der Waals surface area (Å²) in [5.41, 5.74) is 10.9. The number of nitrogens with zero attached hydrogens (tertiary/aromatic N) is 4. The zero-order valence-corrected chi connectivity index (χ0v) is 35.6. The van der Waals surface area contributed by atoms with E-state index in [0.717, 1.165) is 78.4 Å². The Morgan fingerprint density at radius 3 is 1.90 bits per heavy atom. The van der Waals surface area contributed by atoms with Crippen LogP contribution in [0.4, 0.5) is 17.2 Å². The molecule has 0 spiro atoms. The average molecular weight is 795 g/mol. The molecule has 7 aromatic carbocycles. The predicted octanol–water partition coefficient (Wildman–Crippen LogP) is 14.9. The Morgan fingerprint density at radius 2 is 1.18 bits per heavy atom. The molecule has 0 unspecified atom stereocenters. The predicted molar refractivity (Wildman–Crippen MR) is 254 cm³/mol. The van der Waals surface area contributed by atoms with E-state index in [2.05, 4.69) is 209 Å². The van der Waals surface area contributed by atoms with Gasteiger partial charge in [-0.25, -0.2) is 9.97 Å². The molecule has 0 fully saturated rings. The number of fused-ring (bicyclic) bond motifs is 1. The third-order valence-electron chi connectivity index (χ3n) is 11.4. The third-order valence-corrected chi connectivity index (χ3v) is 11.4. The summed E-state index contributed by atoms with van der Waals surface area (Å²) in [7, 11) is 0. The minimum atomic E-state index is -0.338. The number of aromatic nitrogens is 3. The number of hydrogen-bond donors (Lipinski definition) is 1. The Balaban J connectivity index is 1.39. The molecule has 0 amide bonds. The summed E-state index contributed by atoms with van der Waals surface area (Å²) in [6.45, 7) is 13.1. The highest BCUT2D eigenvalue weighted by Gasteiger charge is 2.31. The fourth-order valence-corrected chi connectivity index (χ4v) is 8.32. The maximum atomic E-state index is 12.6. The van der Waals surface area contributed by atoms with Crippen molar-refractivity contribution in [3.05, 3.63) is 199 Å². The normalized spacial score (nSPS) is 11.8. The zero-order chi connectivity index (χ0) is 42.3. The molecule has 0 saturated carbocycles. The molecule has 0 aliphatic carbocycles. The number of anilines is 3. The number of aromatic hydroxyl groups is 1. The second-order valence-electron chi connectivity index (χ2n) is 17.7. The molecule has 0 atom stereocenters. The summed E-state index contributed by atoms with van der Waals surface area (Å²) in [6, 6.07) is 63.3. The quantitative estimate of drug-likeness (QED) is 0.166. The van der Waals surface area contributed by atoms with Crippen molar-refractivity contribution in [3.63, 3.8) is 0 Å². The van der Waals surface area contributed by atoms with Crippen molar-refractivity contribution in [1.82, 2.24) is 14.5 Å². The Hall–Kier alpha value is -7.24. The van der Waals surface area contributed by atoms with Gasteiger partial charge in [0, 0.05) is 39.5 Å². The molecule has 0 radical (unpaired) electrons. The van der Waals surface area contributed by atoms with E-state index in [1.54, 1.807) is 0 Å². The van der Waals surface area contributed by atoms with Gasteiger partial charge in [-0.1, -0.05) is 181 Å². The first kappa shape index (κ1) is 39.2. The average Bonchev–Trinajstić information content (AvgIpc) is 3.67. The summed E-state index contributed by atoms with van der Waals surface area (Å²) in [5, 5.41) is 14.8. The minimum absolute atomic E-state index is 0.197. The minimum Gasteiger partial charge on any atom is -0.507 e. The zero-order valence-electron chi connectivity index (χ0n) is 35.6. The fourth-order valence-electron chi connectivity index (χ4n) is 8.32. The lowest BCUT2D eigenvalue weighted by Crippen LogP contribution is -2.17. The van der Waals surface area contributed by atoms with E-state index >= 15 is 0 Å². The van der Waals surface area contributed by atoms with E-state index in [-0.39, 0.29) is 16.6 Å². The molecule has 0 aliphatic heterocycles. The van der Waals surface area contributed by atoms with E-state index in [4.69, 9.17) is 9.97 Å². The molecule has 5 heteroatoms. The van der Waals surface area contributed by atoms with Gasteiger partial charge in [0.15, 0.2) is 0 Å². The molecule has 9 rings (SSSR count). The van der Waals surface area contributed by atoms with Gasteiger partial charge in [0.2, 0.25) is 0 Å². The van der Waals surface area contributed by atoms with Crippen molar-refractivity contribution in [3.8, 4) is 56.5 Å². The summed E-state index contributed by atoms with van der Waals surface area (Å²) in [5.74, 6) is 1.70. The Labute approximate surface area is 359 Å². The van der Waals surface area contributed by atoms with Crippen LogP contribution in [0.1, 0.15) is 52.7 Å². The molecule has 0 saturated heterocycles. The van der Waals surface area contributed by atoms with Crippen molar-refractivity contribution in [2.45, 2.75) is 52.4 Å². The molecule has 2 aromatic heterocycles. The number of benzene rings is 7. The first-order chi connectivity index (χ1) is 29.5. The van der Waals surface area contributed by atoms with Gasteiger partial charge in [0.05, 0.1) is 28.3 Å². The molecule has 61 heavy (non-hydrogen) atoms. The Morgan fingerprint density at radius 1 is 0.541 bits per heavy atom. The lowest BCUT2D eigenvalue weighted by Gasteiger charge is -2.28.